The zero-order chi connectivity index (χ0) is 11.8. The molecule has 3 aliphatic rings. The molecular formula is C15H24O. The van der Waals surface area contributed by atoms with E-state index in [-0.39, 0.29) is 22.3 Å². The van der Waals surface area contributed by atoms with E-state index in [0.717, 1.165) is 6.42 Å². The van der Waals surface area contributed by atoms with Crippen LogP contribution in [0, 0.1) is 22.2 Å². The molecule has 2 fully saturated rings. The molecule has 90 valence electrons. The molecule has 1 N–H and O–H groups in total. The number of hydrogen-bond donors (Lipinski definition) is 1. The van der Waals surface area contributed by atoms with Gasteiger partial charge in [-0.05, 0) is 49.4 Å². The lowest BCUT2D eigenvalue weighted by Gasteiger charge is -2.50. The molecular weight excluding hydrogens is 196 g/mol. The van der Waals surface area contributed by atoms with Gasteiger partial charge in [-0.15, -0.1) is 0 Å². The Morgan fingerprint density at radius 3 is 2.62 bits per heavy atom. The van der Waals surface area contributed by atoms with Crippen LogP contribution in [-0.4, -0.2) is 11.2 Å². The summed E-state index contributed by atoms with van der Waals surface area (Å²) in [6.07, 6.45) is 7.14. The molecule has 0 aromatic heterocycles. The third-order valence-electron chi connectivity index (χ3n) is 6.58. The molecule has 0 aromatic rings. The van der Waals surface area contributed by atoms with Gasteiger partial charge in [-0.1, -0.05) is 32.4 Å². The van der Waals surface area contributed by atoms with Gasteiger partial charge in [0, 0.05) is 5.41 Å². The van der Waals surface area contributed by atoms with E-state index in [4.69, 9.17) is 0 Å². The second-order valence-electron chi connectivity index (χ2n) is 6.94. The Labute approximate surface area is 98.9 Å². The van der Waals surface area contributed by atoms with Crippen LogP contribution in [0.4, 0.5) is 0 Å². The van der Waals surface area contributed by atoms with E-state index in [0.29, 0.717) is 5.92 Å². The van der Waals surface area contributed by atoms with Gasteiger partial charge in [-0.3, -0.25) is 0 Å². The lowest BCUT2D eigenvalue weighted by atomic mass is 9.54. The van der Waals surface area contributed by atoms with Gasteiger partial charge in [-0.2, -0.15) is 0 Å². The van der Waals surface area contributed by atoms with Crippen LogP contribution in [0.2, 0.25) is 0 Å². The molecule has 3 rings (SSSR count). The highest BCUT2D eigenvalue weighted by atomic mass is 16.3. The van der Waals surface area contributed by atoms with E-state index < -0.39 is 0 Å². The lowest BCUT2D eigenvalue weighted by Crippen LogP contribution is -2.50. The molecule has 16 heavy (non-hydrogen) atoms. The molecule has 1 spiro atoms. The summed E-state index contributed by atoms with van der Waals surface area (Å²) >= 11 is 0. The summed E-state index contributed by atoms with van der Waals surface area (Å²) < 4.78 is 0. The van der Waals surface area contributed by atoms with Gasteiger partial charge in [0.1, 0.15) is 0 Å². The van der Waals surface area contributed by atoms with Crippen LogP contribution in [0.1, 0.15) is 53.4 Å². The number of aliphatic hydroxyl groups is 1. The van der Waals surface area contributed by atoms with Gasteiger partial charge >= 0.3 is 0 Å². The van der Waals surface area contributed by atoms with Gasteiger partial charge in [0.2, 0.25) is 0 Å². The van der Waals surface area contributed by atoms with Crippen molar-refractivity contribution in [1.29, 1.82) is 0 Å². The van der Waals surface area contributed by atoms with Crippen LogP contribution in [-0.2, 0) is 0 Å². The zero-order valence-corrected chi connectivity index (χ0v) is 11.0. The Hall–Kier alpha value is -0.300. The van der Waals surface area contributed by atoms with Crippen molar-refractivity contribution in [3.05, 3.63) is 11.6 Å². The fraction of sp³-hybridized carbons (Fsp3) is 0.867. The van der Waals surface area contributed by atoms with E-state index in [2.05, 4.69) is 33.8 Å². The fourth-order valence-corrected chi connectivity index (χ4v) is 5.98. The molecule has 0 heterocycles. The van der Waals surface area contributed by atoms with Crippen LogP contribution in [0.25, 0.3) is 0 Å². The highest BCUT2D eigenvalue weighted by Crippen LogP contribution is 2.77. The summed E-state index contributed by atoms with van der Waals surface area (Å²) in [7, 11) is 0. The topological polar surface area (TPSA) is 20.2 Å². The third-order valence-corrected chi connectivity index (χ3v) is 6.58. The molecule has 1 heteroatoms. The monoisotopic (exact) mass is 220 g/mol. The van der Waals surface area contributed by atoms with Crippen LogP contribution in [0.3, 0.4) is 0 Å². The average Bonchev–Trinajstić information content (AvgIpc) is 2.69. The van der Waals surface area contributed by atoms with Gasteiger partial charge < -0.3 is 5.11 Å². The maximum atomic E-state index is 10.6. The molecule has 0 aromatic carbocycles. The second-order valence-corrected chi connectivity index (χ2v) is 6.94. The van der Waals surface area contributed by atoms with E-state index >= 15 is 0 Å². The highest BCUT2D eigenvalue weighted by Gasteiger charge is 2.72. The van der Waals surface area contributed by atoms with Crippen molar-refractivity contribution in [1.82, 2.24) is 0 Å². The minimum absolute atomic E-state index is 0.0892. The standard InChI is InChI=1S/C15H24O/c1-10-5-8-14(4)11(2)9-13(3)7-6-12(16)15(10,13)14/h9-10,12,16H,5-8H2,1-4H3/t10-,12+,13+,14+,15+/m0/s1. The van der Waals surface area contributed by atoms with Crippen LogP contribution < -0.4 is 0 Å². The van der Waals surface area contributed by atoms with Crippen LogP contribution in [0.15, 0.2) is 11.6 Å². The quantitative estimate of drug-likeness (QED) is 0.619. The fourth-order valence-electron chi connectivity index (χ4n) is 5.98. The first kappa shape index (κ1) is 10.8. The van der Waals surface area contributed by atoms with Crippen molar-refractivity contribution in [3.8, 4) is 0 Å². The minimum atomic E-state index is -0.0892. The van der Waals surface area contributed by atoms with Crippen molar-refractivity contribution >= 4 is 0 Å². The van der Waals surface area contributed by atoms with Crippen molar-refractivity contribution < 1.29 is 5.11 Å². The van der Waals surface area contributed by atoms with Crippen molar-refractivity contribution in [2.75, 3.05) is 0 Å². The third kappa shape index (κ3) is 0.796. The highest BCUT2D eigenvalue weighted by molar-refractivity contribution is 5.38. The SMILES string of the molecule is CC1=C[C@@]2(C)CC[C@@H](O)[C@]23[C@@H](C)CC[C@]13C. The number of rotatable bonds is 0. The average molecular weight is 220 g/mol. The van der Waals surface area contributed by atoms with E-state index in [1.807, 2.05) is 0 Å². The minimum Gasteiger partial charge on any atom is -0.392 e. The van der Waals surface area contributed by atoms with Crippen molar-refractivity contribution in [2.24, 2.45) is 22.2 Å². The Balaban J connectivity index is 2.25. The number of allylic oxidation sites excluding steroid dienone is 2. The maximum absolute atomic E-state index is 10.6. The Bertz CT molecular complexity index is 366. The zero-order valence-electron chi connectivity index (χ0n) is 11.0. The lowest BCUT2D eigenvalue weighted by molar-refractivity contribution is -0.0734. The van der Waals surface area contributed by atoms with Crippen molar-refractivity contribution in [3.63, 3.8) is 0 Å². The summed E-state index contributed by atoms with van der Waals surface area (Å²) in [5.41, 5.74) is 2.19. The largest absolute Gasteiger partial charge is 0.392 e. The summed E-state index contributed by atoms with van der Waals surface area (Å²) in [5.74, 6) is 0.661. The molecule has 5 atom stereocenters. The second kappa shape index (κ2) is 2.75. The molecule has 0 bridgehead atoms. The van der Waals surface area contributed by atoms with Gasteiger partial charge in [0.15, 0.2) is 0 Å². The first-order valence-electron chi connectivity index (χ1n) is 6.76. The summed E-state index contributed by atoms with van der Waals surface area (Å²) in [6.45, 7) is 9.45. The predicted octanol–water partition coefficient (Wildman–Crippen LogP) is 3.53. The molecule has 3 aliphatic carbocycles. The normalized spacial score (nSPS) is 59.7. The van der Waals surface area contributed by atoms with E-state index in [1.165, 1.54) is 24.8 Å². The van der Waals surface area contributed by atoms with Crippen molar-refractivity contribution in [2.45, 2.75) is 59.5 Å². The Morgan fingerprint density at radius 2 is 1.94 bits per heavy atom. The van der Waals surface area contributed by atoms with Gasteiger partial charge in [0.25, 0.3) is 0 Å². The molecule has 2 saturated carbocycles. The Morgan fingerprint density at radius 1 is 1.25 bits per heavy atom. The summed E-state index contributed by atoms with van der Waals surface area (Å²) in [4.78, 5) is 0. The number of hydrogen-bond acceptors (Lipinski definition) is 1. The van der Waals surface area contributed by atoms with Gasteiger partial charge in [0.05, 0.1) is 6.10 Å². The first-order valence-corrected chi connectivity index (χ1v) is 6.76. The van der Waals surface area contributed by atoms with Crippen LogP contribution >= 0.6 is 0 Å². The molecule has 0 amide bonds. The van der Waals surface area contributed by atoms with Gasteiger partial charge in [-0.25, -0.2) is 0 Å². The maximum Gasteiger partial charge on any atom is 0.0615 e. The molecule has 0 saturated heterocycles. The van der Waals surface area contributed by atoms with Crippen LogP contribution in [0.5, 0.6) is 0 Å². The molecule has 0 radical (unpaired) electrons. The predicted molar refractivity (Wildman–Crippen MR) is 66.0 cm³/mol. The molecule has 1 nitrogen and oxygen atoms in total. The summed E-state index contributed by atoms with van der Waals surface area (Å²) in [6, 6.07) is 0. The number of aliphatic hydroxyl groups excluding tert-OH is 1. The summed E-state index contributed by atoms with van der Waals surface area (Å²) in [5, 5.41) is 10.6. The van der Waals surface area contributed by atoms with E-state index in [9.17, 15) is 5.11 Å². The smallest absolute Gasteiger partial charge is 0.0615 e. The van der Waals surface area contributed by atoms with E-state index in [1.54, 1.807) is 0 Å². The first-order chi connectivity index (χ1) is 7.38. The molecule has 0 aliphatic heterocycles. The Kier molecular flexibility index (Phi) is 1.86. The molecule has 0 unspecified atom stereocenters.